The molecular formula is C22H17FN2O2S. The number of carbonyl (C=O) groups excluding carboxylic acids is 1. The Morgan fingerprint density at radius 1 is 1.04 bits per heavy atom. The van der Waals surface area contributed by atoms with Crippen LogP contribution in [-0.4, -0.2) is 10.5 Å². The molecule has 3 aromatic carbocycles. The van der Waals surface area contributed by atoms with E-state index < -0.39 is 0 Å². The molecule has 0 radical (unpaired) electrons. The van der Waals surface area contributed by atoms with E-state index in [2.05, 4.69) is 4.99 Å². The van der Waals surface area contributed by atoms with E-state index in [1.807, 2.05) is 35.9 Å². The van der Waals surface area contributed by atoms with Gasteiger partial charge in [-0.2, -0.15) is 4.99 Å². The second-order valence-corrected chi connectivity index (χ2v) is 7.25. The van der Waals surface area contributed by atoms with Crippen molar-refractivity contribution in [1.82, 2.24) is 4.57 Å². The normalized spacial score (nSPS) is 11.7. The highest BCUT2D eigenvalue weighted by atomic mass is 32.1. The molecular weight excluding hydrogens is 375 g/mol. The SMILES string of the molecule is Cn1c(=NC(=O)c2ccccc2OCc2ccc(F)cc2)sc2ccccc21. The summed E-state index contributed by atoms with van der Waals surface area (Å²) in [4.78, 5) is 17.7. The van der Waals surface area contributed by atoms with Crippen LogP contribution in [0.5, 0.6) is 5.75 Å². The van der Waals surface area contributed by atoms with Crippen LogP contribution in [0.2, 0.25) is 0 Å². The van der Waals surface area contributed by atoms with Crippen LogP contribution in [0.1, 0.15) is 15.9 Å². The molecule has 4 rings (SSSR count). The second-order valence-electron chi connectivity index (χ2n) is 6.24. The Labute approximate surface area is 165 Å². The van der Waals surface area contributed by atoms with Crippen molar-refractivity contribution in [2.24, 2.45) is 12.0 Å². The number of thiazole rings is 1. The van der Waals surface area contributed by atoms with Gasteiger partial charge in [-0.25, -0.2) is 4.39 Å². The quantitative estimate of drug-likeness (QED) is 0.505. The maximum absolute atomic E-state index is 13.0. The Morgan fingerprint density at radius 2 is 1.75 bits per heavy atom. The highest BCUT2D eigenvalue weighted by Gasteiger charge is 2.12. The number of aryl methyl sites for hydroxylation is 1. The average molecular weight is 392 g/mol. The van der Waals surface area contributed by atoms with Crippen molar-refractivity contribution in [3.05, 3.63) is 94.5 Å². The molecule has 0 atom stereocenters. The summed E-state index contributed by atoms with van der Waals surface area (Å²) < 4.78 is 21.8. The lowest BCUT2D eigenvalue weighted by atomic mass is 10.2. The zero-order valence-corrected chi connectivity index (χ0v) is 15.9. The van der Waals surface area contributed by atoms with E-state index in [1.54, 1.807) is 36.4 Å². The van der Waals surface area contributed by atoms with E-state index in [-0.39, 0.29) is 18.3 Å². The highest BCUT2D eigenvalue weighted by Crippen LogP contribution is 2.21. The first-order valence-corrected chi connectivity index (χ1v) is 9.53. The number of hydrogen-bond donors (Lipinski definition) is 0. The molecule has 0 unspecified atom stereocenters. The van der Waals surface area contributed by atoms with Gasteiger partial charge in [-0.05, 0) is 42.0 Å². The molecule has 6 heteroatoms. The van der Waals surface area contributed by atoms with Gasteiger partial charge in [0.15, 0.2) is 4.80 Å². The standard InChI is InChI=1S/C22H17FN2O2S/c1-25-18-7-3-5-9-20(18)28-22(25)24-21(26)17-6-2-4-8-19(17)27-14-15-10-12-16(23)13-11-15/h2-13H,14H2,1H3. The number of aromatic nitrogens is 1. The summed E-state index contributed by atoms with van der Waals surface area (Å²) in [5.74, 6) is -0.212. The first-order valence-electron chi connectivity index (χ1n) is 8.72. The topological polar surface area (TPSA) is 43.6 Å². The van der Waals surface area contributed by atoms with Crippen molar-refractivity contribution >= 4 is 27.5 Å². The molecule has 0 aliphatic heterocycles. The zero-order chi connectivity index (χ0) is 19.5. The lowest BCUT2D eigenvalue weighted by Gasteiger charge is -2.09. The molecule has 0 fully saturated rings. The van der Waals surface area contributed by atoms with Crippen LogP contribution in [0.3, 0.4) is 0 Å². The van der Waals surface area contributed by atoms with Gasteiger partial charge in [0.05, 0.1) is 15.8 Å². The molecule has 0 bridgehead atoms. The van der Waals surface area contributed by atoms with Crippen molar-refractivity contribution in [3.8, 4) is 5.75 Å². The molecule has 1 aromatic heterocycles. The molecule has 0 saturated heterocycles. The minimum Gasteiger partial charge on any atom is -0.488 e. The number of halogens is 1. The Hall–Kier alpha value is -3.25. The number of carbonyl (C=O) groups is 1. The van der Waals surface area contributed by atoms with E-state index in [0.29, 0.717) is 16.1 Å². The fourth-order valence-corrected chi connectivity index (χ4v) is 3.86. The third-order valence-electron chi connectivity index (χ3n) is 4.34. The van der Waals surface area contributed by atoms with E-state index in [1.165, 1.54) is 23.5 Å². The molecule has 0 aliphatic carbocycles. The molecule has 1 heterocycles. The fourth-order valence-electron chi connectivity index (χ4n) is 2.85. The van der Waals surface area contributed by atoms with Gasteiger partial charge in [0.2, 0.25) is 0 Å². The van der Waals surface area contributed by atoms with Gasteiger partial charge in [0.25, 0.3) is 5.91 Å². The third kappa shape index (κ3) is 3.73. The number of amides is 1. The summed E-state index contributed by atoms with van der Waals surface area (Å²) in [7, 11) is 1.89. The number of ether oxygens (including phenoxy) is 1. The van der Waals surface area contributed by atoms with Crippen molar-refractivity contribution in [2.45, 2.75) is 6.61 Å². The van der Waals surface area contributed by atoms with Gasteiger partial charge < -0.3 is 9.30 Å². The summed E-state index contributed by atoms with van der Waals surface area (Å²) in [6, 6.07) is 21.0. The summed E-state index contributed by atoms with van der Waals surface area (Å²) in [6.07, 6.45) is 0. The van der Waals surface area contributed by atoms with Gasteiger partial charge in [-0.3, -0.25) is 4.79 Å². The van der Waals surface area contributed by atoms with Crippen molar-refractivity contribution in [3.63, 3.8) is 0 Å². The molecule has 4 nitrogen and oxygen atoms in total. The number of fused-ring (bicyclic) bond motifs is 1. The van der Waals surface area contributed by atoms with E-state index in [4.69, 9.17) is 4.74 Å². The van der Waals surface area contributed by atoms with Crippen LogP contribution < -0.4 is 9.54 Å². The van der Waals surface area contributed by atoms with Gasteiger partial charge in [0, 0.05) is 7.05 Å². The van der Waals surface area contributed by atoms with E-state index >= 15 is 0 Å². The number of para-hydroxylation sites is 2. The van der Waals surface area contributed by atoms with Crippen LogP contribution >= 0.6 is 11.3 Å². The van der Waals surface area contributed by atoms with Crippen molar-refractivity contribution in [2.75, 3.05) is 0 Å². The molecule has 4 aromatic rings. The summed E-state index contributed by atoms with van der Waals surface area (Å²) in [6.45, 7) is 0.237. The van der Waals surface area contributed by atoms with Crippen molar-refractivity contribution < 1.29 is 13.9 Å². The van der Waals surface area contributed by atoms with Crippen LogP contribution in [0, 0.1) is 5.82 Å². The average Bonchev–Trinajstić information content (AvgIpc) is 3.03. The molecule has 0 aliphatic rings. The minimum absolute atomic E-state index is 0.237. The zero-order valence-electron chi connectivity index (χ0n) is 15.1. The first-order chi connectivity index (χ1) is 13.6. The Kier molecular flexibility index (Phi) is 5.04. The van der Waals surface area contributed by atoms with Crippen LogP contribution in [0.25, 0.3) is 10.2 Å². The number of hydrogen-bond acceptors (Lipinski definition) is 3. The first kappa shape index (κ1) is 18.1. The maximum atomic E-state index is 13.0. The highest BCUT2D eigenvalue weighted by molar-refractivity contribution is 7.16. The van der Waals surface area contributed by atoms with Crippen LogP contribution in [0.15, 0.2) is 77.8 Å². The predicted molar refractivity (Wildman–Crippen MR) is 108 cm³/mol. The largest absolute Gasteiger partial charge is 0.488 e. The van der Waals surface area contributed by atoms with E-state index in [0.717, 1.165) is 15.8 Å². The molecule has 0 N–H and O–H groups in total. The van der Waals surface area contributed by atoms with Gasteiger partial charge >= 0.3 is 0 Å². The minimum atomic E-state index is -0.364. The number of benzene rings is 3. The maximum Gasteiger partial charge on any atom is 0.283 e. The van der Waals surface area contributed by atoms with Crippen LogP contribution in [-0.2, 0) is 13.7 Å². The number of rotatable bonds is 4. The molecule has 0 spiro atoms. The summed E-state index contributed by atoms with van der Waals surface area (Å²) >= 11 is 1.46. The van der Waals surface area contributed by atoms with Gasteiger partial charge in [0.1, 0.15) is 18.2 Å². The summed E-state index contributed by atoms with van der Waals surface area (Å²) in [5.41, 5.74) is 2.23. The Balaban J connectivity index is 1.62. The summed E-state index contributed by atoms with van der Waals surface area (Å²) in [5, 5.41) is 0. The molecule has 140 valence electrons. The number of nitrogens with zero attached hydrogens (tertiary/aromatic N) is 2. The lowest BCUT2D eigenvalue weighted by Crippen LogP contribution is -2.13. The lowest BCUT2D eigenvalue weighted by molar-refractivity contribution is 0.0993. The molecule has 28 heavy (non-hydrogen) atoms. The van der Waals surface area contributed by atoms with Gasteiger partial charge in [-0.15, -0.1) is 0 Å². The van der Waals surface area contributed by atoms with Crippen LogP contribution in [0.4, 0.5) is 4.39 Å². The second kappa shape index (κ2) is 7.78. The fraction of sp³-hybridized carbons (Fsp3) is 0.0909. The smallest absolute Gasteiger partial charge is 0.283 e. The van der Waals surface area contributed by atoms with Crippen molar-refractivity contribution in [1.29, 1.82) is 0 Å². The Morgan fingerprint density at radius 3 is 2.54 bits per heavy atom. The molecule has 1 amide bonds. The van der Waals surface area contributed by atoms with E-state index in [9.17, 15) is 9.18 Å². The Bertz CT molecular complexity index is 1210. The predicted octanol–water partition coefficient (Wildman–Crippen LogP) is 4.70. The van der Waals surface area contributed by atoms with Gasteiger partial charge in [-0.1, -0.05) is 47.7 Å². The monoisotopic (exact) mass is 392 g/mol. The molecule has 0 saturated carbocycles. The third-order valence-corrected chi connectivity index (χ3v) is 5.45.